The molecule has 0 saturated heterocycles. The van der Waals surface area contributed by atoms with Crippen molar-refractivity contribution in [3.05, 3.63) is 24.2 Å². The van der Waals surface area contributed by atoms with Crippen molar-refractivity contribution in [2.75, 3.05) is 6.54 Å². The van der Waals surface area contributed by atoms with Gasteiger partial charge < -0.3 is 9.73 Å². The Bertz CT molecular complexity index is 255. The van der Waals surface area contributed by atoms with Crippen molar-refractivity contribution in [3.8, 4) is 0 Å². The third-order valence-electron chi connectivity index (χ3n) is 3.08. The second-order valence-corrected chi connectivity index (χ2v) is 4.40. The molecule has 1 aromatic rings. The second-order valence-electron chi connectivity index (χ2n) is 4.40. The van der Waals surface area contributed by atoms with E-state index in [1.807, 2.05) is 12.1 Å². The molecule has 14 heavy (non-hydrogen) atoms. The van der Waals surface area contributed by atoms with Crippen molar-refractivity contribution in [2.24, 2.45) is 5.92 Å². The highest BCUT2D eigenvalue weighted by atomic mass is 16.3. The first-order valence-corrected chi connectivity index (χ1v) is 5.60. The molecule has 2 heteroatoms. The van der Waals surface area contributed by atoms with Gasteiger partial charge in [0, 0.05) is 19.0 Å². The molecular weight excluding hydrogens is 174 g/mol. The third kappa shape index (κ3) is 2.61. The van der Waals surface area contributed by atoms with Gasteiger partial charge in [-0.2, -0.15) is 0 Å². The van der Waals surface area contributed by atoms with Gasteiger partial charge >= 0.3 is 0 Å². The van der Waals surface area contributed by atoms with Gasteiger partial charge in [-0.25, -0.2) is 0 Å². The molecule has 0 radical (unpaired) electrons. The van der Waals surface area contributed by atoms with Crippen LogP contribution in [0.25, 0.3) is 0 Å². The summed E-state index contributed by atoms with van der Waals surface area (Å²) in [5.41, 5.74) is 0. The predicted octanol–water partition coefficient (Wildman–Crippen LogP) is 2.60. The van der Waals surface area contributed by atoms with Gasteiger partial charge in [0.2, 0.25) is 0 Å². The lowest BCUT2D eigenvalue weighted by molar-refractivity contribution is 0.467. The normalized spacial score (nSPS) is 26.9. The maximum Gasteiger partial charge on any atom is 0.105 e. The van der Waals surface area contributed by atoms with Crippen LogP contribution in [0.4, 0.5) is 0 Å². The van der Waals surface area contributed by atoms with Crippen LogP contribution in [0.2, 0.25) is 0 Å². The van der Waals surface area contributed by atoms with Gasteiger partial charge in [0.1, 0.15) is 5.76 Å². The molecule has 1 aromatic heterocycles. The van der Waals surface area contributed by atoms with Crippen molar-refractivity contribution < 1.29 is 4.42 Å². The number of hydrogen-bond donors (Lipinski definition) is 1. The van der Waals surface area contributed by atoms with Crippen LogP contribution < -0.4 is 5.32 Å². The summed E-state index contributed by atoms with van der Waals surface area (Å²) in [6, 6.07) is 4.74. The Morgan fingerprint density at radius 3 is 3.07 bits per heavy atom. The van der Waals surface area contributed by atoms with E-state index in [2.05, 4.69) is 12.2 Å². The fourth-order valence-corrected chi connectivity index (χ4v) is 2.25. The first-order valence-electron chi connectivity index (χ1n) is 5.60. The van der Waals surface area contributed by atoms with Gasteiger partial charge in [-0.3, -0.25) is 0 Å². The average molecular weight is 193 g/mol. The van der Waals surface area contributed by atoms with Crippen LogP contribution in [0, 0.1) is 5.92 Å². The van der Waals surface area contributed by atoms with Crippen LogP contribution in [0.15, 0.2) is 22.8 Å². The second kappa shape index (κ2) is 4.65. The largest absolute Gasteiger partial charge is 0.469 e. The summed E-state index contributed by atoms with van der Waals surface area (Å²) < 4.78 is 5.28. The first kappa shape index (κ1) is 9.78. The lowest BCUT2D eigenvalue weighted by Gasteiger charge is -2.10. The highest BCUT2D eigenvalue weighted by Crippen LogP contribution is 2.24. The number of hydrogen-bond acceptors (Lipinski definition) is 2. The SMILES string of the molecule is CC1CCC(NCCc2ccco2)C1. The van der Waals surface area contributed by atoms with Gasteiger partial charge in [0.05, 0.1) is 6.26 Å². The lowest BCUT2D eigenvalue weighted by Crippen LogP contribution is -2.28. The van der Waals surface area contributed by atoms with Crippen LogP contribution in [0.5, 0.6) is 0 Å². The molecule has 1 N–H and O–H groups in total. The molecule has 1 aliphatic carbocycles. The predicted molar refractivity (Wildman–Crippen MR) is 57.2 cm³/mol. The summed E-state index contributed by atoms with van der Waals surface area (Å²) in [5, 5.41) is 3.59. The number of rotatable bonds is 4. The molecule has 2 rings (SSSR count). The van der Waals surface area contributed by atoms with Crippen molar-refractivity contribution in [2.45, 2.75) is 38.6 Å². The van der Waals surface area contributed by atoms with E-state index in [4.69, 9.17) is 4.42 Å². The number of furan rings is 1. The highest BCUT2D eigenvalue weighted by molar-refractivity contribution is 4.98. The first-order chi connectivity index (χ1) is 6.84. The monoisotopic (exact) mass is 193 g/mol. The van der Waals surface area contributed by atoms with Crippen molar-refractivity contribution in [1.29, 1.82) is 0 Å². The van der Waals surface area contributed by atoms with E-state index in [1.165, 1.54) is 19.3 Å². The summed E-state index contributed by atoms with van der Waals surface area (Å²) in [7, 11) is 0. The van der Waals surface area contributed by atoms with E-state index in [0.29, 0.717) is 0 Å². The van der Waals surface area contributed by atoms with Crippen LogP contribution in [0.3, 0.4) is 0 Å². The van der Waals surface area contributed by atoms with Crippen molar-refractivity contribution in [1.82, 2.24) is 5.32 Å². The molecule has 0 bridgehead atoms. The van der Waals surface area contributed by atoms with Crippen LogP contribution in [-0.2, 0) is 6.42 Å². The minimum atomic E-state index is 0.750. The maximum absolute atomic E-state index is 5.28. The summed E-state index contributed by atoms with van der Waals surface area (Å²) in [5.74, 6) is 2.00. The molecule has 78 valence electrons. The highest BCUT2D eigenvalue weighted by Gasteiger charge is 2.20. The Morgan fingerprint density at radius 1 is 1.50 bits per heavy atom. The molecule has 0 spiro atoms. The summed E-state index contributed by atoms with van der Waals surface area (Å²) in [4.78, 5) is 0. The number of nitrogens with one attached hydrogen (secondary N) is 1. The van der Waals surface area contributed by atoms with Gasteiger partial charge in [-0.05, 0) is 37.3 Å². The van der Waals surface area contributed by atoms with E-state index in [1.54, 1.807) is 6.26 Å². The van der Waals surface area contributed by atoms with E-state index in [9.17, 15) is 0 Å². The molecule has 1 saturated carbocycles. The minimum Gasteiger partial charge on any atom is -0.469 e. The molecule has 1 aliphatic rings. The lowest BCUT2D eigenvalue weighted by atomic mass is 10.1. The Hall–Kier alpha value is -0.760. The van der Waals surface area contributed by atoms with E-state index in [-0.39, 0.29) is 0 Å². The van der Waals surface area contributed by atoms with Gasteiger partial charge in [-0.15, -0.1) is 0 Å². The molecule has 0 aliphatic heterocycles. The smallest absolute Gasteiger partial charge is 0.105 e. The van der Waals surface area contributed by atoms with E-state index < -0.39 is 0 Å². The van der Waals surface area contributed by atoms with Gasteiger partial charge in [-0.1, -0.05) is 6.92 Å². The standard InChI is InChI=1S/C12H19NO/c1-10-4-5-11(9-10)13-7-6-12-3-2-8-14-12/h2-3,8,10-11,13H,4-7,9H2,1H3. The Morgan fingerprint density at radius 2 is 2.43 bits per heavy atom. The fraction of sp³-hybridized carbons (Fsp3) is 0.667. The maximum atomic E-state index is 5.28. The average Bonchev–Trinajstić information content (AvgIpc) is 2.77. The summed E-state index contributed by atoms with van der Waals surface area (Å²) >= 11 is 0. The minimum absolute atomic E-state index is 0.750. The van der Waals surface area contributed by atoms with Gasteiger partial charge in [0.25, 0.3) is 0 Å². The molecule has 1 fully saturated rings. The summed E-state index contributed by atoms with van der Waals surface area (Å²) in [6.45, 7) is 3.39. The Kier molecular flexibility index (Phi) is 3.25. The molecule has 2 unspecified atom stereocenters. The molecule has 1 heterocycles. The zero-order chi connectivity index (χ0) is 9.80. The molecule has 0 aromatic carbocycles. The molecule has 0 amide bonds. The zero-order valence-electron chi connectivity index (χ0n) is 8.83. The van der Waals surface area contributed by atoms with Crippen molar-refractivity contribution in [3.63, 3.8) is 0 Å². The quantitative estimate of drug-likeness (QED) is 0.795. The van der Waals surface area contributed by atoms with Crippen LogP contribution in [0.1, 0.15) is 31.9 Å². The van der Waals surface area contributed by atoms with E-state index >= 15 is 0 Å². The van der Waals surface area contributed by atoms with Crippen molar-refractivity contribution >= 4 is 0 Å². The summed E-state index contributed by atoms with van der Waals surface area (Å²) in [6.07, 6.45) is 6.83. The Labute approximate surface area is 85.7 Å². The fourth-order valence-electron chi connectivity index (χ4n) is 2.25. The zero-order valence-corrected chi connectivity index (χ0v) is 8.83. The third-order valence-corrected chi connectivity index (χ3v) is 3.08. The van der Waals surface area contributed by atoms with Crippen LogP contribution >= 0.6 is 0 Å². The van der Waals surface area contributed by atoms with Crippen LogP contribution in [-0.4, -0.2) is 12.6 Å². The molecule has 2 atom stereocenters. The topological polar surface area (TPSA) is 25.2 Å². The van der Waals surface area contributed by atoms with E-state index in [0.717, 1.165) is 30.7 Å². The molecule has 2 nitrogen and oxygen atoms in total. The molecular formula is C12H19NO. The Balaban J connectivity index is 1.64. The van der Waals surface area contributed by atoms with Gasteiger partial charge in [0.15, 0.2) is 0 Å².